The van der Waals surface area contributed by atoms with Gasteiger partial charge in [-0.05, 0) is 26.0 Å². The summed E-state index contributed by atoms with van der Waals surface area (Å²) in [6.45, 7) is 4.33. The van der Waals surface area contributed by atoms with Crippen LogP contribution in [-0.2, 0) is 6.54 Å². The van der Waals surface area contributed by atoms with Gasteiger partial charge in [-0.1, -0.05) is 17.3 Å². The fourth-order valence-corrected chi connectivity index (χ4v) is 1.78. The molecule has 5 heteroatoms. The van der Waals surface area contributed by atoms with Gasteiger partial charge in [-0.15, -0.1) is 5.10 Å². The van der Waals surface area contributed by atoms with Crippen molar-refractivity contribution in [3.8, 4) is 17.0 Å². The van der Waals surface area contributed by atoms with Gasteiger partial charge in [0.1, 0.15) is 11.4 Å². The van der Waals surface area contributed by atoms with E-state index in [1.54, 1.807) is 16.8 Å². The highest BCUT2D eigenvalue weighted by atomic mass is 16.3. The Labute approximate surface area is 99.9 Å². The molecule has 0 aliphatic rings. The van der Waals surface area contributed by atoms with Crippen molar-refractivity contribution < 1.29 is 5.11 Å². The smallest absolute Gasteiger partial charge is 0.125 e. The second-order valence-corrected chi connectivity index (χ2v) is 4.14. The molecule has 0 atom stereocenters. The first-order valence-electron chi connectivity index (χ1n) is 5.57. The van der Waals surface area contributed by atoms with Gasteiger partial charge in [0.15, 0.2) is 0 Å². The molecule has 0 bridgehead atoms. The van der Waals surface area contributed by atoms with Crippen molar-refractivity contribution in [2.75, 3.05) is 0 Å². The number of nitrogens with zero attached hydrogens (tertiary/aromatic N) is 3. The van der Waals surface area contributed by atoms with E-state index in [1.807, 2.05) is 26.0 Å². The highest BCUT2D eigenvalue weighted by Crippen LogP contribution is 2.31. The number of rotatable bonds is 3. The summed E-state index contributed by atoms with van der Waals surface area (Å²) < 4.78 is 1.78. The van der Waals surface area contributed by atoms with E-state index in [0.29, 0.717) is 17.8 Å². The van der Waals surface area contributed by atoms with Crippen LogP contribution in [0.5, 0.6) is 5.75 Å². The lowest BCUT2D eigenvalue weighted by Gasteiger charge is -2.11. The Bertz CT molecular complexity index is 519. The number of hydrogen-bond donors (Lipinski definition) is 2. The molecule has 0 aliphatic heterocycles. The SMILES string of the molecule is CC(C)n1nnc(CN)c1-c1ccccc1O. The highest BCUT2D eigenvalue weighted by molar-refractivity contribution is 5.68. The Kier molecular flexibility index (Phi) is 3.10. The van der Waals surface area contributed by atoms with Crippen LogP contribution < -0.4 is 5.73 Å². The molecule has 1 heterocycles. The molecule has 0 saturated heterocycles. The van der Waals surface area contributed by atoms with E-state index >= 15 is 0 Å². The van der Waals surface area contributed by atoms with Crippen LogP contribution in [0.15, 0.2) is 24.3 Å². The number of nitrogens with two attached hydrogens (primary N) is 1. The van der Waals surface area contributed by atoms with Crippen LogP contribution in [-0.4, -0.2) is 20.1 Å². The quantitative estimate of drug-likeness (QED) is 0.844. The molecule has 2 aromatic rings. The molecule has 0 aliphatic carbocycles. The fourth-order valence-electron chi connectivity index (χ4n) is 1.78. The zero-order chi connectivity index (χ0) is 12.4. The van der Waals surface area contributed by atoms with Crippen LogP contribution in [0.25, 0.3) is 11.3 Å². The number of hydrogen-bond acceptors (Lipinski definition) is 4. The second kappa shape index (κ2) is 4.55. The molecule has 0 unspecified atom stereocenters. The van der Waals surface area contributed by atoms with Crippen LogP contribution >= 0.6 is 0 Å². The minimum absolute atomic E-state index is 0.164. The van der Waals surface area contributed by atoms with Crippen LogP contribution in [0, 0.1) is 0 Å². The van der Waals surface area contributed by atoms with Gasteiger partial charge in [0.25, 0.3) is 0 Å². The van der Waals surface area contributed by atoms with E-state index < -0.39 is 0 Å². The van der Waals surface area contributed by atoms with E-state index in [2.05, 4.69) is 10.3 Å². The lowest BCUT2D eigenvalue weighted by Crippen LogP contribution is -2.06. The molecular formula is C12H16N4O. The zero-order valence-electron chi connectivity index (χ0n) is 9.96. The Morgan fingerprint density at radius 1 is 1.35 bits per heavy atom. The first kappa shape index (κ1) is 11.6. The molecule has 0 amide bonds. The summed E-state index contributed by atoms with van der Waals surface area (Å²) in [5, 5.41) is 18.0. The molecule has 90 valence electrons. The number of phenols is 1. The lowest BCUT2D eigenvalue weighted by molar-refractivity contribution is 0.474. The van der Waals surface area contributed by atoms with Gasteiger partial charge >= 0.3 is 0 Å². The Morgan fingerprint density at radius 2 is 2.06 bits per heavy atom. The van der Waals surface area contributed by atoms with Gasteiger partial charge in [0.05, 0.1) is 5.69 Å². The standard InChI is InChI=1S/C12H16N4O/c1-8(2)16-12(10(7-13)14-15-16)9-5-3-4-6-11(9)17/h3-6,8,17H,7,13H2,1-2H3. The first-order valence-corrected chi connectivity index (χ1v) is 5.57. The summed E-state index contributed by atoms with van der Waals surface area (Å²) in [4.78, 5) is 0. The fraction of sp³-hybridized carbons (Fsp3) is 0.333. The van der Waals surface area contributed by atoms with Crippen molar-refractivity contribution in [3.05, 3.63) is 30.0 Å². The second-order valence-electron chi connectivity index (χ2n) is 4.14. The minimum atomic E-state index is 0.164. The molecule has 0 fully saturated rings. The van der Waals surface area contributed by atoms with E-state index in [9.17, 15) is 5.11 Å². The van der Waals surface area contributed by atoms with E-state index in [4.69, 9.17) is 5.73 Å². The van der Waals surface area contributed by atoms with E-state index in [-0.39, 0.29) is 11.8 Å². The predicted octanol–water partition coefficient (Wildman–Crippen LogP) is 1.69. The normalized spacial score (nSPS) is 11.1. The molecule has 5 nitrogen and oxygen atoms in total. The van der Waals surface area contributed by atoms with E-state index in [1.165, 1.54) is 0 Å². The molecular weight excluding hydrogens is 216 g/mol. The molecule has 0 saturated carbocycles. The number of aromatic nitrogens is 3. The molecule has 1 aromatic carbocycles. The predicted molar refractivity (Wildman–Crippen MR) is 65.4 cm³/mol. The van der Waals surface area contributed by atoms with Crippen molar-refractivity contribution in [3.63, 3.8) is 0 Å². The third-order valence-corrected chi connectivity index (χ3v) is 2.61. The summed E-state index contributed by atoms with van der Waals surface area (Å²) in [7, 11) is 0. The summed E-state index contributed by atoms with van der Waals surface area (Å²) in [5.74, 6) is 0.214. The van der Waals surface area contributed by atoms with Crippen LogP contribution in [0.4, 0.5) is 0 Å². The maximum atomic E-state index is 9.90. The first-order chi connectivity index (χ1) is 8.15. The topological polar surface area (TPSA) is 77.0 Å². The minimum Gasteiger partial charge on any atom is -0.507 e. The van der Waals surface area contributed by atoms with Crippen molar-refractivity contribution in [1.82, 2.24) is 15.0 Å². The lowest BCUT2D eigenvalue weighted by atomic mass is 10.1. The average molecular weight is 232 g/mol. The largest absolute Gasteiger partial charge is 0.507 e. The average Bonchev–Trinajstić information content (AvgIpc) is 2.73. The van der Waals surface area contributed by atoms with Crippen molar-refractivity contribution >= 4 is 0 Å². The summed E-state index contributed by atoms with van der Waals surface area (Å²) in [6.07, 6.45) is 0. The maximum Gasteiger partial charge on any atom is 0.125 e. The van der Waals surface area contributed by atoms with Gasteiger partial charge in [-0.3, -0.25) is 0 Å². The third kappa shape index (κ3) is 2.01. The number of aromatic hydroxyl groups is 1. The van der Waals surface area contributed by atoms with Crippen molar-refractivity contribution in [2.24, 2.45) is 5.73 Å². The molecule has 3 N–H and O–H groups in total. The summed E-state index contributed by atoms with van der Waals surface area (Å²) in [6, 6.07) is 7.30. The zero-order valence-corrected chi connectivity index (χ0v) is 9.96. The van der Waals surface area contributed by atoms with Crippen LogP contribution in [0.2, 0.25) is 0 Å². The number of para-hydroxylation sites is 1. The number of phenolic OH excluding ortho intramolecular Hbond substituents is 1. The van der Waals surface area contributed by atoms with Crippen LogP contribution in [0.3, 0.4) is 0 Å². The molecule has 0 radical (unpaired) electrons. The Morgan fingerprint density at radius 3 is 2.65 bits per heavy atom. The Hall–Kier alpha value is -1.88. The summed E-state index contributed by atoms with van der Waals surface area (Å²) in [5.41, 5.74) is 7.86. The number of benzene rings is 1. The van der Waals surface area contributed by atoms with Crippen molar-refractivity contribution in [1.29, 1.82) is 0 Å². The van der Waals surface area contributed by atoms with Gasteiger partial charge in [0.2, 0.25) is 0 Å². The third-order valence-electron chi connectivity index (χ3n) is 2.61. The van der Waals surface area contributed by atoms with Crippen molar-refractivity contribution in [2.45, 2.75) is 26.4 Å². The maximum absolute atomic E-state index is 9.90. The van der Waals surface area contributed by atoms with Gasteiger partial charge in [0, 0.05) is 18.2 Å². The molecule has 1 aromatic heterocycles. The van der Waals surface area contributed by atoms with Gasteiger partial charge in [-0.25, -0.2) is 4.68 Å². The summed E-state index contributed by atoms with van der Waals surface area (Å²) >= 11 is 0. The molecule has 2 rings (SSSR count). The van der Waals surface area contributed by atoms with Crippen LogP contribution in [0.1, 0.15) is 25.6 Å². The van der Waals surface area contributed by atoms with E-state index in [0.717, 1.165) is 5.69 Å². The Balaban J connectivity index is 2.64. The van der Waals surface area contributed by atoms with Gasteiger partial charge < -0.3 is 10.8 Å². The monoisotopic (exact) mass is 232 g/mol. The highest BCUT2D eigenvalue weighted by Gasteiger charge is 2.17. The molecule has 0 spiro atoms. The van der Waals surface area contributed by atoms with Gasteiger partial charge in [-0.2, -0.15) is 0 Å². The molecule has 17 heavy (non-hydrogen) atoms.